The number of carbonyl (C=O) groups is 1. The highest BCUT2D eigenvalue weighted by Gasteiger charge is 2.19. The molecule has 0 saturated carbocycles. The minimum Gasteiger partial charge on any atom is -0.481 e. The van der Waals surface area contributed by atoms with Crippen LogP contribution in [0.5, 0.6) is 5.75 Å². The molecular formula is C23H29NO2. The van der Waals surface area contributed by atoms with Gasteiger partial charge in [-0.15, -0.1) is 0 Å². The molecule has 3 nitrogen and oxygen atoms in total. The predicted molar refractivity (Wildman–Crippen MR) is 106 cm³/mol. The fourth-order valence-corrected chi connectivity index (χ4v) is 3.50. The molecule has 138 valence electrons. The van der Waals surface area contributed by atoms with Crippen molar-refractivity contribution in [3.8, 4) is 5.75 Å². The van der Waals surface area contributed by atoms with Crippen molar-refractivity contribution in [2.75, 3.05) is 6.54 Å². The Morgan fingerprint density at radius 3 is 2.69 bits per heavy atom. The van der Waals surface area contributed by atoms with Gasteiger partial charge < -0.3 is 10.1 Å². The van der Waals surface area contributed by atoms with Gasteiger partial charge in [0, 0.05) is 6.54 Å². The van der Waals surface area contributed by atoms with Crippen molar-refractivity contribution in [3.63, 3.8) is 0 Å². The van der Waals surface area contributed by atoms with E-state index in [0.717, 1.165) is 31.4 Å². The summed E-state index contributed by atoms with van der Waals surface area (Å²) in [6, 6.07) is 14.8. The van der Waals surface area contributed by atoms with Gasteiger partial charge in [0.1, 0.15) is 5.75 Å². The first-order valence-electron chi connectivity index (χ1n) is 9.74. The average Bonchev–Trinajstić information content (AvgIpc) is 2.66. The Morgan fingerprint density at radius 1 is 1.12 bits per heavy atom. The summed E-state index contributed by atoms with van der Waals surface area (Å²) in [5.41, 5.74) is 5.25. The van der Waals surface area contributed by atoms with Crippen LogP contribution in [0.15, 0.2) is 42.5 Å². The maximum absolute atomic E-state index is 12.3. The SMILES string of the molecule is Cc1ccc(CCCNC(=O)[C@H](C)Oc2cccc3c2CCCC3)cc1. The Kier molecular flexibility index (Phi) is 6.32. The van der Waals surface area contributed by atoms with Crippen LogP contribution in [0.2, 0.25) is 0 Å². The van der Waals surface area contributed by atoms with Crippen molar-refractivity contribution in [2.45, 2.75) is 58.5 Å². The Hall–Kier alpha value is -2.29. The monoisotopic (exact) mass is 351 g/mol. The van der Waals surface area contributed by atoms with E-state index < -0.39 is 6.10 Å². The van der Waals surface area contributed by atoms with E-state index in [4.69, 9.17) is 4.74 Å². The van der Waals surface area contributed by atoms with Gasteiger partial charge in [0.25, 0.3) is 5.91 Å². The van der Waals surface area contributed by atoms with Crippen molar-refractivity contribution in [2.24, 2.45) is 0 Å². The molecule has 2 aromatic carbocycles. The molecule has 0 aliphatic heterocycles. The minimum atomic E-state index is -0.470. The lowest BCUT2D eigenvalue weighted by Gasteiger charge is -2.22. The maximum Gasteiger partial charge on any atom is 0.260 e. The zero-order valence-corrected chi connectivity index (χ0v) is 15.9. The van der Waals surface area contributed by atoms with Gasteiger partial charge in [0.2, 0.25) is 0 Å². The first-order valence-corrected chi connectivity index (χ1v) is 9.74. The van der Waals surface area contributed by atoms with Crippen molar-refractivity contribution >= 4 is 5.91 Å². The smallest absolute Gasteiger partial charge is 0.260 e. The summed E-state index contributed by atoms with van der Waals surface area (Å²) in [5.74, 6) is 0.840. The molecule has 0 radical (unpaired) electrons. The summed E-state index contributed by atoms with van der Waals surface area (Å²) in [7, 11) is 0. The van der Waals surface area contributed by atoms with Gasteiger partial charge in [0.05, 0.1) is 0 Å². The first kappa shape index (κ1) is 18.5. The number of amides is 1. The Balaban J connectivity index is 1.45. The summed E-state index contributed by atoms with van der Waals surface area (Å²) in [4.78, 5) is 12.3. The molecule has 0 aromatic heterocycles. The Morgan fingerprint density at radius 2 is 1.88 bits per heavy atom. The molecule has 1 aliphatic carbocycles. The van der Waals surface area contributed by atoms with Crippen LogP contribution in [0.3, 0.4) is 0 Å². The van der Waals surface area contributed by atoms with Crippen LogP contribution in [-0.2, 0) is 24.1 Å². The molecular weight excluding hydrogens is 322 g/mol. The molecule has 0 fully saturated rings. The first-order chi connectivity index (χ1) is 12.6. The second kappa shape index (κ2) is 8.88. The molecule has 0 spiro atoms. The van der Waals surface area contributed by atoms with Gasteiger partial charge in [-0.2, -0.15) is 0 Å². The van der Waals surface area contributed by atoms with Gasteiger partial charge in [-0.1, -0.05) is 42.0 Å². The third kappa shape index (κ3) is 4.87. The Bertz CT molecular complexity index is 736. The van der Waals surface area contributed by atoms with Crippen LogP contribution >= 0.6 is 0 Å². The number of hydrogen-bond donors (Lipinski definition) is 1. The lowest BCUT2D eigenvalue weighted by molar-refractivity contribution is -0.127. The van der Waals surface area contributed by atoms with Crippen LogP contribution in [-0.4, -0.2) is 18.6 Å². The second-order valence-electron chi connectivity index (χ2n) is 7.24. The molecule has 0 unspecified atom stereocenters. The molecule has 0 heterocycles. The number of aryl methyl sites for hydroxylation is 3. The number of ether oxygens (including phenoxy) is 1. The molecule has 3 rings (SSSR count). The third-order valence-electron chi connectivity index (χ3n) is 5.09. The lowest BCUT2D eigenvalue weighted by Crippen LogP contribution is -2.37. The highest BCUT2D eigenvalue weighted by Crippen LogP contribution is 2.30. The van der Waals surface area contributed by atoms with E-state index in [2.05, 4.69) is 42.6 Å². The van der Waals surface area contributed by atoms with Crippen molar-refractivity contribution in [1.82, 2.24) is 5.32 Å². The molecule has 0 saturated heterocycles. The topological polar surface area (TPSA) is 38.3 Å². The maximum atomic E-state index is 12.3. The zero-order chi connectivity index (χ0) is 18.4. The van der Waals surface area contributed by atoms with E-state index in [1.165, 1.54) is 35.1 Å². The molecule has 1 amide bonds. The van der Waals surface area contributed by atoms with Crippen LogP contribution in [0, 0.1) is 6.92 Å². The fourth-order valence-electron chi connectivity index (χ4n) is 3.50. The van der Waals surface area contributed by atoms with Gasteiger partial charge in [-0.25, -0.2) is 0 Å². The van der Waals surface area contributed by atoms with E-state index in [1.807, 2.05) is 19.1 Å². The van der Waals surface area contributed by atoms with Crippen LogP contribution in [0.1, 0.15) is 48.4 Å². The summed E-state index contributed by atoms with van der Waals surface area (Å²) in [5, 5.41) is 3.00. The molecule has 26 heavy (non-hydrogen) atoms. The number of nitrogens with one attached hydrogen (secondary N) is 1. The summed E-state index contributed by atoms with van der Waals surface area (Å²) in [6.07, 6.45) is 6.05. The van der Waals surface area contributed by atoms with E-state index in [9.17, 15) is 4.79 Å². The lowest BCUT2D eigenvalue weighted by atomic mass is 9.91. The molecule has 1 aliphatic rings. The van der Waals surface area contributed by atoms with Crippen molar-refractivity contribution in [1.29, 1.82) is 0 Å². The normalized spacial score (nSPS) is 14.4. The third-order valence-corrected chi connectivity index (χ3v) is 5.09. The summed E-state index contributed by atoms with van der Waals surface area (Å²) >= 11 is 0. The highest BCUT2D eigenvalue weighted by atomic mass is 16.5. The number of hydrogen-bond acceptors (Lipinski definition) is 2. The minimum absolute atomic E-state index is 0.0395. The molecule has 0 bridgehead atoms. The summed E-state index contributed by atoms with van der Waals surface area (Å²) < 4.78 is 5.99. The zero-order valence-electron chi connectivity index (χ0n) is 15.9. The van der Waals surface area contributed by atoms with E-state index in [-0.39, 0.29) is 5.91 Å². The van der Waals surface area contributed by atoms with Crippen LogP contribution < -0.4 is 10.1 Å². The fraction of sp³-hybridized carbons (Fsp3) is 0.435. The van der Waals surface area contributed by atoms with E-state index in [1.54, 1.807) is 0 Å². The average molecular weight is 351 g/mol. The summed E-state index contributed by atoms with van der Waals surface area (Å²) in [6.45, 7) is 4.60. The highest BCUT2D eigenvalue weighted by molar-refractivity contribution is 5.80. The van der Waals surface area contributed by atoms with Gasteiger partial charge >= 0.3 is 0 Å². The largest absolute Gasteiger partial charge is 0.481 e. The molecule has 2 aromatic rings. The number of rotatable bonds is 7. The molecule has 1 atom stereocenters. The van der Waals surface area contributed by atoms with Gasteiger partial charge in [0.15, 0.2) is 6.10 Å². The number of carbonyl (C=O) groups excluding carboxylic acids is 1. The van der Waals surface area contributed by atoms with Gasteiger partial charge in [-0.3, -0.25) is 4.79 Å². The number of fused-ring (bicyclic) bond motifs is 1. The second-order valence-corrected chi connectivity index (χ2v) is 7.24. The van der Waals surface area contributed by atoms with Crippen LogP contribution in [0.4, 0.5) is 0 Å². The van der Waals surface area contributed by atoms with E-state index in [0.29, 0.717) is 6.54 Å². The Labute approximate surface area is 156 Å². The quantitative estimate of drug-likeness (QED) is 0.751. The molecule has 3 heteroatoms. The number of benzene rings is 2. The van der Waals surface area contributed by atoms with E-state index >= 15 is 0 Å². The van der Waals surface area contributed by atoms with Crippen molar-refractivity contribution in [3.05, 3.63) is 64.7 Å². The predicted octanol–water partition coefficient (Wildman–Crippen LogP) is 4.39. The van der Waals surface area contributed by atoms with Crippen LogP contribution in [0.25, 0.3) is 0 Å². The van der Waals surface area contributed by atoms with Crippen molar-refractivity contribution < 1.29 is 9.53 Å². The molecule has 1 N–H and O–H groups in total. The van der Waals surface area contributed by atoms with Gasteiger partial charge in [-0.05, 0) is 75.1 Å². The standard InChI is InChI=1S/C23H29NO2/c1-17-12-14-19(15-13-17)7-6-16-24-23(25)18(2)26-22-11-5-9-20-8-3-4-10-21(20)22/h5,9,11-15,18H,3-4,6-8,10,16H2,1-2H3,(H,24,25)/t18-/m0/s1.